The molecular formula is C11H14FN3O. The predicted molar refractivity (Wildman–Crippen MR) is 59.1 cm³/mol. The van der Waals surface area contributed by atoms with Crippen LogP contribution in [-0.2, 0) is 4.79 Å². The Morgan fingerprint density at radius 1 is 1.38 bits per heavy atom. The molecule has 2 N–H and O–H groups in total. The van der Waals surface area contributed by atoms with Crippen molar-refractivity contribution in [2.75, 3.05) is 24.6 Å². The number of anilines is 1. The van der Waals surface area contributed by atoms with Gasteiger partial charge in [0, 0.05) is 19.5 Å². The number of amides is 1. The number of rotatable bonds is 3. The number of para-hydroxylation sites is 1. The SMILES string of the molecule is NCCN1C(=O)CCN1c1ccccc1F. The third-order valence-corrected chi connectivity index (χ3v) is 2.59. The Bertz CT molecular complexity index is 397. The molecule has 4 nitrogen and oxygen atoms in total. The molecule has 1 saturated heterocycles. The Balaban J connectivity index is 2.27. The summed E-state index contributed by atoms with van der Waals surface area (Å²) in [6.45, 7) is 1.31. The van der Waals surface area contributed by atoms with Crippen LogP contribution in [0, 0.1) is 5.82 Å². The van der Waals surface area contributed by atoms with Gasteiger partial charge < -0.3 is 5.73 Å². The standard InChI is InChI=1S/C11H14FN3O/c12-9-3-1-2-4-10(9)14-7-5-11(16)15(14)8-6-13/h1-4H,5-8,13H2. The molecule has 0 aliphatic carbocycles. The molecule has 0 atom stereocenters. The number of nitrogens with two attached hydrogens (primary N) is 1. The van der Waals surface area contributed by atoms with Crippen molar-refractivity contribution in [2.45, 2.75) is 6.42 Å². The van der Waals surface area contributed by atoms with Crippen LogP contribution in [0.4, 0.5) is 10.1 Å². The highest BCUT2D eigenvalue weighted by atomic mass is 19.1. The Morgan fingerprint density at radius 2 is 2.12 bits per heavy atom. The second kappa shape index (κ2) is 4.49. The summed E-state index contributed by atoms with van der Waals surface area (Å²) in [7, 11) is 0. The maximum atomic E-state index is 13.6. The van der Waals surface area contributed by atoms with Crippen molar-refractivity contribution in [1.82, 2.24) is 5.01 Å². The molecule has 0 aromatic heterocycles. The zero-order valence-corrected chi connectivity index (χ0v) is 8.90. The van der Waals surface area contributed by atoms with E-state index in [-0.39, 0.29) is 11.7 Å². The lowest BCUT2D eigenvalue weighted by Crippen LogP contribution is -2.42. The summed E-state index contributed by atoms with van der Waals surface area (Å²) < 4.78 is 13.6. The summed E-state index contributed by atoms with van der Waals surface area (Å²) in [4.78, 5) is 11.6. The smallest absolute Gasteiger partial charge is 0.242 e. The van der Waals surface area contributed by atoms with Gasteiger partial charge in [-0.05, 0) is 12.1 Å². The summed E-state index contributed by atoms with van der Waals surface area (Å²) in [6.07, 6.45) is 0.411. The van der Waals surface area contributed by atoms with Gasteiger partial charge in [0.15, 0.2) is 0 Å². The molecule has 0 unspecified atom stereocenters. The molecular weight excluding hydrogens is 209 g/mol. The van der Waals surface area contributed by atoms with Gasteiger partial charge in [0.2, 0.25) is 5.91 Å². The first-order valence-electron chi connectivity index (χ1n) is 5.26. The lowest BCUT2D eigenvalue weighted by atomic mass is 10.3. The number of carbonyl (C=O) groups is 1. The van der Waals surface area contributed by atoms with Crippen molar-refractivity contribution in [3.63, 3.8) is 0 Å². The monoisotopic (exact) mass is 223 g/mol. The van der Waals surface area contributed by atoms with Gasteiger partial charge >= 0.3 is 0 Å². The molecule has 1 aliphatic rings. The maximum Gasteiger partial charge on any atom is 0.242 e. The third-order valence-electron chi connectivity index (χ3n) is 2.59. The van der Waals surface area contributed by atoms with Gasteiger partial charge in [-0.2, -0.15) is 0 Å². The van der Waals surface area contributed by atoms with Crippen molar-refractivity contribution in [2.24, 2.45) is 5.73 Å². The summed E-state index contributed by atoms with van der Waals surface area (Å²) in [5.74, 6) is -0.326. The quantitative estimate of drug-likeness (QED) is 0.822. The molecule has 2 rings (SSSR count). The number of hydrogen-bond donors (Lipinski definition) is 1. The van der Waals surface area contributed by atoms with E-state index in [0.29, 0.717) is 31.7 Å². The lowest BCUT2D eigenvalue weighted by Gasteiger charge is -2.29. The zero-order valence-electron chi connectivity index (χ0n) is 8.90. The van der Waals surface area contributed by atoms with E-state index in [1.54, 1.807) is 23.2 Å². The number of benzene rings is 1. The maximum absolute atomic E-state index is 13.6. The van der Waals surface area contributed by atoms with E-state index in [2.05, 4.69) is 0 Å². The Labute approximate surface area is 93.4 Å². The van der Waals surface area contributed by atoms with Gasteiger partial charge in [-0.15, -0.1) is 0 Å². The number of nitrogens with zero attached hydrogens (tertiary/aromatic N) is 2. The normalized spacial score (nSPS) is 16.0. The molecule has 0 spiro atoms. The largest absolute Gasteiger partial charge is 0.329 e. The fourth-order valence-corrected chi connectivity index (χ4v) is 1.87. The van der Waals surface area contributed by atoms with Gasteiger partial charge in [0.25, 0.3) is 0 Å². The van der Waals surface area contributed by atoms with Crippen LogP contribution in [0.3, 0.4) is 0 Å². The number of hydrazine groups is 1. The minimum atomic E-state index is -0.320. The highest BCUT2D eigenvalue weighted by molar-refractivity contribution is 5.81. The van der Waals surface area contributed by atoms with Crippen molar-refractivity contribution in [3.8, 4) is 0 Å². The molecule has 0 saturated carbocycles. The fourth-order valence-electron chi connectivity index (χ4n) is 1.87. The van der Waals surface area contributed by atoms with Gasteiger partial charge in [0.1, 0.15) is 5.82 Å². The third kappa shape index (κ3) is 1.86. The van der Waals surface area contributed by atoms with Crippen LogP contribution >= 0.6 is 0 Å². The Morgan fingerprint density at radius 3 is 2.81 bits per heavy atom. The van der Waals surface area contributed by atoms with Gasteiger partial charge in [-0.25, -0.2) is 4.39 Å². The zero-order chi connectivity index (χ0) is 11.5. The minimum absolute atomic E-state index is 0.00583. The molecule has 16 heavy (non-hydrogen) atoms. The van der Waals surface area contributed by atoms with Crippen LogP contribution in [-0.4, -0.2) is 30.6 Å². The topological polar surface area (TPSA) is 49.6 Å². The molecule has 1 heterocycles. The fraction of sp³-hybridized carbons (Fsp3) is 0.364. The minimum Gasteiger partial charge on any atom is -0.329 e. The lowest BCUT2D eigenvalue weighted by molar-refractivity contribution is -0.128. The summed E-state index contributed by atoms with van der Waals surface area (Å²) >= 11 is 0. The molecule has 0 radical (unpaired) electrons. The highest BCUT2D eigenvalue weighted by Gasteiger charge is 2.29. The van der Waals surface area contributed by atoms with Gasteiger partial charge in [0.05, 0.1) is 12.2 Å². The van der Waals surface area contributed by atoms with E-state index in [1.165, 1.54) is 11.1 Å². The van der Waals surface area contributed by atoms with Crippen molar-refractivity contribution in [1.29, 1.82) is 0 Å². The van der Waals surface area contributed by atoms with Gasteiger partial charge in [-0.3, -0.25) is 14.8 Å². The van der Waals surface area contributed by atoms with Crippen molar-refractivity contribution >= 4 is 11.6 Å². The van der Waals surface area contributed by atoms with E-state index < -0.39 is 0 Å². The van der Waals surface area contributed by atoms with Crippen LogP contribution in [0.5, 0.6) is 0 Å². The molecule has 86 valence electrons. The molecule has 1 amide bonds. The van der Waals surface area contributed by atoms with Crippen molar-refractivity contribution in [3.05, 3.63) is 30.1 Å². The first-order chi connectivity index (χ1) is 7.74. The molecule has 1 aliphatic heterocycles. The number of hydrogen-bond acceptors (Lipinski definition) is 3. The van der Waals surface area contributed by atoms with E-state index in [9.17, 15) is 9.18 Å². The van der Waals surface area contributed by atoms with Crippen LogP contribution in [0.15, 0.2) is 24.3 Å². The van der Waals surface area contributed by atoms with Crippen LogP contribution in [0.25, 0.3) is 0 Å². The van der Waals surface area contributed by atoms with E-state index in [0.717, 1.165) is 0 Å². The second-order valence-corrected chi connectivity index (χ2v) is 3.63. The van der Waals surface area contributed by atoms with E-state index in [4.69, 9.17) is 5.73 Å². The predicted octanol–water partition coefficient (Wildman–Crippen LogP) is 0.738. The Kier molecular flexibility index (Phi) is 3.05. The highest BCUT2D eigenvalue weighted by Crippen LogP contribution is 2.24. The number of carbonyl (C=O) groups excluding carboxylic acids is 1. The molecule has 1 fully saturated rings. The molecule has 1 aromatic carbocycles. The van der Waals surface area contributed by atoms with E-state index in [1.807, 2.05) is 0 Å². The Hall–Kier alpha value is -1.62. The number of halogens is 1. The average Bonchev–Trinajstić information content (AvgIpc) is 2.62. The molecule has 5 heteroatoms. The van der Waals surface area contributed by atoms with Crippen LogP contribution in [0.1, 0.15) is 6.42 Å². The van der Waals surface area contributed by atoms with Crippen LogP contribution in [0.2, 0.25) is 0 Å². The second-order valence-electron chi connectivity index (χ2n) is 3.63. The molecule has 0 bridgehead atoms. The van der Waals surface area contributed by atoms with E-state index >= 15 is 0 Å². The average molecular weight is 223 g/mol. The summed E-state index contributed by atoms with van der Waals surface area (Å²) in [6, 6.07) is 6.43. The first-order valence-corrected chi connectivity index (χ1v) is 5.26. The molecule has 1 aromatic rings. The van der Waals surface area contributed by atoms with Gasteiger partial charge in [-0.1, -0.05) is 12.1 Å². The van der Waals surface area contributed by atoms with Crippen LogP contribution < -0.4 is 10.7 Å². The summed E-state index contributed by atoms with van der Waals surface area (Å²) in [5, 5.41) is 3.17. The first kappa shape index (κ1) is 10.9. The summed E-state index contributed by atoms with van der Waals surface area (Å²) in [5.41, 5.74) is 5.87. The van der Waals surface area contributed by atoms with Crippen molar-refractivity contribution < 1.29 is 9.18 Å².